The third kappa shape index (κ3) is 3.63. The predicted molar refractivity (Wildman–Crippen MR) is 52.5 cm³/mol. The van der Waals surface area contributed by atoms with Gasteiger partial charge in [0.1, 0.15) is 0 Å². The van der Waals surface area contributed by atoms with Gasteiger partial charge in [0.25, 0.3) is 0 Å². The summed E-state index contributed by atoms with van der Waals surface area (Å²) in [6, 6.07) is 0. The summed E-state index contributed by atoms with van der Waals surface area (Å²) >= 11 is 0. The van der Waals surface area contributed by atoms with Crippen LogP contribution in [0.25, 0.3) is 0 Å². The number of nitrogens with zero attached hydrogens (tertiary/aromatic N) is 1. The molecule has 1 aliphatic rings. The molecule has 0 saturated carbocycles. The van der Waals surface area contributed by atoms with Crippen molar-refractivity contribution in [1.82, 2.24) is 4.90 Å². The number of rotatable bonds is 3. The number of aliphatic hydroxyl groups is 2. The van der Waals surface area contributed by atoms with E-state index in [1.165, 1.54) is 0 Å². The molecule has 1 rings (SSSR count). The molecule has 1 saturated heterocycles. The van der Waals surface area contributed by atoms with Gasteiger partial charge in [-0.25, -0.2) is 0 Å². The normalized spacial score (nSPS) is 23.8. The van der Waals surface area contributed by atoms with Crippen LogP contribution in [0.3, 0.4) is 0 Å². The van der Waals surface area contributed by atoms with Crippen LogP contribution in [0.2, 0.25) is 0 Å². The van der Waals surface area contributed by atoms with E-state index in [-0.39, 0.29) is 12.2 Å². The van der Waals surface area contributed by atoms with E-state index in [0.717, 1.165) is 32.5 Å². The van der Waals surface area contributed by atoms with Crippen molar-refractivity contribution in [3.05, 3.63) is 0 Å². The van der Waals surface area contributed by atoms with Crippen LogP contribution < -0.4 is 0 Å². The Morgan fingerprint density at radius 3 is 2.31 bits per heavy atom. The van der Waals surface area contributed by atoms with E-state index in [2.05, 4.69) is 4.90 Å². The minimum absolute atomic E-state index is 0.118. The van der Waals surface area contributed by atoms with E-state index in [1.54, 1.807) is 0 Å². The average molecular weight is 187 g/mol. The molecule has 1 heterocycles. The van der Waals surface area contributed by atoms with Gasteiger partial charge in [0.2, 0.25) is 0 Å². The molecule has 0 radical (unpaired) electrons. The Balaban J connectivity index is 2.22. The van der Waals surface area contributed by atoms with Crippen LogP contribution in [0.15, 0.2) is 0 Å². The number of likely N-dealkylation sites (tertiary alicyclic amines) is 1. The van der Waals surface area contributed by atoms with Gasteiger partial charge in [0.05, 0.1) is 12.2 Å². The van der Waals surface area contributed by atoms with Gasteiger partial charge in [-0.3, -0.25) is 0 Å². The molecule has 0 aromatic heterocycles. The first kappa shape index (κ1) is 11.0. The monoisotopic (exact) mass is 187 g/mol. The Labute approximate surface area is 80.4 Å². The molecular formula is C10H21NO2. The molecule has 1 unspecified atom stereocenters. The molecule has 1 fully saturated rings. The number of aliphatic hydroxyl groups excluding tert-OH is 2. The van der Waals surface area contributed by atoms with Crippen LogP contribution in [-0.2, 0) is 0 Å². The number of hydrogen-bond donors (Lipinski definition) is 2. The molecule has 0 aromatic carbocycles. The molecule has 13 heavy (non-hydrogen) atoms. The fraction of sp³-hybridized carbons (Fsp3) is 1.00. The van der Waals surface area contributed by atoms with Crippen LogP contribution in [0.4, 0.5) is 0 Å². The van der Waals surface area contributed by atoms with Crippen molar-refractivity contribution < 1.29 is 10.2 Å². The van der Waals surface area contributed by atoms with Crippen molar-refractivity contribution in [3.8, 4) is 0 Å². The summed E-state index contributed by atoms with van der Waals surface area (Å²) in [5.74, 6) is 0.326. The van der Waals surface area contributed by atoms with Gasteiger partial charge in [-0.1, -0.05) is 13.8 Å². The van der Waals surface area contributed by atoms with Gasteiger partial charge in [0, 0.05) is 19.6 Å². The molecule has 3 heteroatoms. The summed E-state index contributed by atoms with van der Waals surface area (Å²) in [6.45, 7) is 6.66. The maximum atomic E-state index is 9.64. The van der Waals surface area contributed by atoms with Crippen LogP contribution >= 0.6 is 0 Å². The number of hydrogen-bond acceptors (Lipinski definition) is 3. The topological polar surface area (TPSA) is 43.7 Å². The van der Waals surface area contributed by atoms with E-state index in [9.17, 15) is 10.2 Å². The summed E-state index contributed by atoms with van der Waals surface area (Å²) in [5, 5.41) is 18.9. The lowest BCUT2D eigenvalue weighted by molar-refractivity contribution is 0.0357. The zero-order valence-corrected chi connectivity index (χ0v) is 8.61. The lowest BCUT2D eigenvalue weighted by atomic mass is 10.0. The molecular weight excluding hydrogens is 166 g/mol. The smallest absolute Gasteiger partial charge is 0.0689 e. The Hall–Kier alpha value is -0.120. The van der Waals surface area contributed by atoms with Crippen LogP contribution in [-0.4, -0.2) is 47.0 Å². The lowest BCUT2D eigenvalue weighted by Crippen LogP contribution is -2.41. The average Bonchev–Trinajstić information content (AvgIpc) is 2.08. The first-order valence-corrected chi connectivity index (χ1v) is 5.18. The highest BCUT2D eigenvalue weighted by molar-refractivity contribution is 4.74. The van der Waals surface area contributed by atoms with E-state index in [1.807, 2.05) is 13.8 Å². The summed E-state index contributed by atoms with van der Waals surface area (Å²) in [5.41, 5.74) is 0. The standard InChI is InChI=1S/C10H21NO2/c1-8(2)10(13)7-11-5-3-9(12)4-6-11/h8-10,12-13H,3-7H2,1-2H3. The van der Waals surface area contributed by atoms with E-state index < -0.39 is 0 Å². The van der Waals surface area contributed by atoms with Gasteiger partial charge in [-0.2, -0.15) is 0 Å². The van der Waals surface area contributed by atoms with E-state index in [0.29, 0.717) is 5.92 Å². The van der Waals surface area contributed by atoms with Gasteiger partial charge >= 0.3 is 0 Å². The molecule has 0 spiro atoms. The van der Waals surface area contributed by atoms with Crippen molar-refractivity contribution in [2.45, 2.75) is 38.9 Å². The predicted octanol–water partition coefficient (Wildman–Crippen LogP) is 0.460. The Bertz CT molecular complexity index is 142. The van der Waals surface area contributed by atoms with Gasteiger partial charge in [-0.05, 0) is 18.8 Å². The van der Waals surface area contributed by atoms with Crippen LogP contribution in [0.1, 0.15) is 26.7 Å². The van der Waals surface area contributed by atoms with Gasteiger partial charge in [-0.15, -0.1) is 0 Å². The summed E-state index contributed by atoms with van der Waals surface area (Å²) in [7, 11) is 0. The molecule has 2 N–H and O–H groups in total. The second-order valence-corrected chi connectivity index (χ2v) is 4.34. The van der Waals surface area contributed by atoms with Crippen LogP contribution in [0.5, 0.6) is 0 Å². The Kier molecular flexibility index (Phi) is 4.16. The molecule has 78 valence electrons. The molecule has 0 aliphatic carbocycles. The summed E-state index contributed by atoms with van der Waals surface area (Å²) in [6.07, 6.45) is 1.36. The van der Waals surface area contributed by atoms with Crippen molar-refractivity contribution >= 4 is 0 Å². The van der Waals surface area contributed by atoms with Gasteiger partial charge in [0.15, 0.2) is 0 Å². The van der Waals surface area contributed by atoms with E-state index in [4.69, 9.17) is 0 Å². The van der Waals surface area contributed by atoms with Gasteiger partial charge < -0.3 is 15.1 Å². The highest BCUT2D eigenvalue weighted by atomic mass is 16.3. The lowest BCUT2D eigenvalue weighted by Gasteiger charge is -2.31. The SMILES string of the molecule is CC(C)C(O)CN1CCC(O)CC1. The number of β-amino-alcohol motifs (C(OH)–C–C–N with tert-alkyl or cyclic N) is 1. The summed E-state index contributed by atoms with van der Waals surface area (Å²) in [4.78, 5) is 2.23. The fourth-order valence-corrected chi connectivity index (χ4v) is 1.58. The highest BCUT2D eigenvalue weighted by Crippen LogP contribution is 2.12. The maximum Gasteiger partial charge on any atom is 0.0689 e. The molecule has 1 atom stereocenters. The minimum Gasteiger partial charge on any atom is -0.393 e. The molecule has 0 amide bonds. The zero-order chi connectivity index (χ0) is 9.84. The first-order chi connectivity index (χ1) is 6.09. The third-order valence-corrected chi connectivity index (χ3v) is 2.77. The zero-order valence-electron chi connectivity index (χ0n) is 8.61. The molecule has 0 bridgehead atoms. The van der Waals surface area contributed by atoms with Crippen molar-refractivity contribution in [3.63, 3.8) is 0 Å². The molecule has 1 aliphatic heterocycles. The maximum absolute atomic E-state index is 9.64. The number of piperidine rings is 1. The highest BCUT2D eigenvalue weighted by Gasteiger charge is 2.20. The van der Waals surface area contributed by atoms with Crippen molar-refractivity contribution in [1.29, 1.82) is 0 Å². The third-order valence-electron chi connectivity index (χ3n) is 2.77. The second-order valence-electron chi connectivity index (χ2n) is 4.34. The fourth-order valence-electron chi connectivity index (χ4n) is 1.58. The second kappa shape index (κ2) is 4.94. The first-order valence-electron chi connectivity index (χ1n) is 5.18. The summed E-state index contributed by atoms with van der Waals surface area (Å²) < 4.78 is 0. The van der Waals surface area contributed by atoms with Crippen molar-refractivity contribution in [2.75, 3.05) is 19.6 Å². The molecule has 0 aromatic rings. The quantitative estimate of drug-likeness (QED) is 0.674. The Morgan fingerprint density at radius 2 is 1.85 bits per heavy atom. The Morgan fingerprint density at radius 1 is 1.31 bits per heavy atom. The van der Waals surface area contributed by atoms with Crippen molar-refractivity contribution in [2.24, 2.45) is 5.92 Å². The van der Waals surface area contributed by atoms with E-state index >= 15 is 0 Å². The molecule has 3 nitrogen and oxygen atoms in total. The largest absolute Gasteiger partial charge is 0.393 e. The van der Waals surface area contributed by atoms with Crippen LogP contribution in [0, 0.1) is 5.92 Å². The minimum atomic E-state index is -0.227.